The molecule has 1 fully saturated rings. The lowest BCUT2D eigenvalue weighted by atomic mass is 10.0. The van der Waals surface area contributed by atoms with Crippen molar-refractivity contribution in [3.8, 4) is 0 Å². The smallest absolute Gasteiger partial charge is 0.329 e. The average Bonchev–Trinajstić information content (AvgIpc) is 3.16. The third kappa shape index (κ3) is 6.15. The van der Waals surface area contributed by atoms with Gasteiger partial charge in [0.25, 0.3) is 11.8 Å². The summed E-state index contributed by atoms with van der Waals surface area (Å²) in [5, 5.41) is 5.35. The van der Waals surface area contributed by atoms with Crippen LogP contribution < -0.4 is 10.6 Å². The minimum atomic E-state index is -0.825. The second-order valence-electron chi connectivity index (χ2n) is 6.61. The Morgan fingerprint density at radius 2 is 1.96 bits per heavy atom. The van der Waals surface area contributed by atoms with E-state index in [-0.39, 0.29) is 30.4 Å². The molecule has 1 saturated heterocycles. The lowest BCUT2D eigenvalue weighted by Gasteiger charge is -2.21. The monoisotopic (exact) mass is 362 g/mol. The Morgan fingerprint density at radius 3 is 2.58 bits per heavy atom. The summed E-state index contributed by atoms with van der Waals surface area (Å²) in [5.41, 5.74) is 0.459. The minimum absolute atomic E-state index is 0.0308. The van der Waals surface area contributed by atoms with Gasteiger partial charge in [0.05, 0.1) is 6.10 Å². The van der Waals surface area contributed by atoms with Crippen LogP contribution in [0.2, 0.25) is 0 Å². The molecule has 0 bridgehead atoms. The second kappa shape index (κ2) is 9.91. The van der Waals surface area contributed by atoms with Gasteiger partial charge in [0.15, 0.2) is 6.61 Å². The fourth-order valence-electron chi connectivity index (χ4n) is 2.62. The number of benzene rings is 1. The third-order valence-electron chi connectivity index (χ3n) is 4.14. The third-order valence-corrected chi connectivity index (χ3v) is 4.14. The summed E-state index contributed by atoms with van der Waals surface area (Å²) in [6.45, 7) is 4.35. The summed E-state index contributed by atoms with van der Waals surface area (Å²) in [4.78, 5) is 36.3. The molecule has 0 aromatic heterocycles. The highest BCUT2D eigenvalue weighted by atomic mass is 16.5. The van der Waals surface area contributed by atoms with Crippen LogP contribution in [0, 0.1) is 5.92 Å². The van der Waals surface area contributed by atoms with Crippen molar-refractivity contribution in [2.45, 2.75) is 38.8 Å². The van der Waals surface area contributed by atoms with Gasteiger partial charge in [-0.15, -0.1) is 0 Å². The molecule has 1 unspecified atom stereocenters. The van der Waals surface area contributed by atoms with Crippen molar-refractivity contribution in [2.24, 2.45) is 5.92 Å². The maximum Gasteiger partial charge on any atom is 0.329 e. The molecule has 0 radical (unpaired) electrons. The Balaban J connectivity index is 1.79. The van der Waals surface area contributed by atoms with Gasteiger partial charge < -0.3 is 20.1 Å². The topological polar surface area (TPSA) is 93.7 Å². The molecule has 1 aliphatic rings. The fraction of sp³-hybridized carbons (Fsp3) is 0.526. The summed E-state index contributed by atoms with van der Waals surface area (Å²) in [7, 11) is 0. The maximum atomic E-state index is 12.3. The highest BCUT2D eigenvalue weighted by Gasteiger charge is 2.27. The van der Waals surface area contributed by atoms with Gasteiger partial charge in [-0.1, -0.05) is 32.0 Å². The van der Waals surface area contributed by atoms with E-state index in [1.165, 1.54) is 0 Å². The number of rotatable bonds is 8. The molecule has 1 aliphatic heterocycles. The zero-order chi connectivity index (χ0) is 18.9. The van der Waals surface area contributed by atoms with Gasteiger partial charge in [0, 0.05) is 18.7 Å². The molecule has 7 nitrogen and oxygen atoms in total. The van der Waals surface area contributed by atoms with E-state index < -0.39 is 12.0 Å². The Labute approximate surface area is 153 Å². The molecule has 1 aromatic carbocycles. The molecule has 0 saturated carbocycles. The van der Waals surface area contributed by atoms with Crippen LogP contribution in [0.15, 0.2) is 30.3 Å². The van der Waals surface area contributed by atoms with Gasteiger partial charge in [-0.3, -0.25) is 9.59 Å². The van der Waals surface area contributed by atoms with Crippen LogP contribution in [0.4, 0.5) is 0 Å². The Morgan fingerprint density at radius 1 is 1.23 bits per heavy atom. The van der Waals surface area contributed by atoms with E-state index in [4.69, 9.17) is 9.47 Å². The van der Waals surface area contributed by atoms with Crippen molar-refractivity contribution >= 4 is 17.8 Å². The normalized spacial score (nSPS) is 17.6. The van der Waals surface area contributed by atoms with Crippen molar-refractivity contribution in [2.75, 3.05) is 19.8 Å². The number of nitrogens with one attached hydrogen (secondary N) is 2. The number of amides is 2. The largest absolute Gasteiger partial charge is 0.454 e. The van der Waals surface area contributed by atoms with E-state index in [9.17, 15) is 14.4 Å². The molecule has 2 atom stereocenters. The molecule has 26 heavy (non-hydrogen) atoms. The van der Waals surface area contributed by atoms with Gasteiger partial charge in [-0.05, 0) is 30.9 Å². The molecule has 2 rings (SSSR count). The highest BCUT2D eigenvalue weighted by molar-refractivity contribution is 5.97. The summed E-state index contributed by atoms with van der Waals surface area (Å²) in [6.07, 6.45) is 1.94. The first-order valence-electron chi connectivity index (χ1n) is 8.88. The number of carbonyl (C=O) groups is 3. The summed E-state index contributed by atoms with van der Waals surface area (Å²) < 4.78 is 10.5. The van der Waals surface area contributed by atoms with Crippen molar-refractivity contribution in [3.63, 3.8) is 0 Å². The molecule has 142 valence electrons. The summed E-state index contributed by atoms with van der Waals surface area (Å²) in [5.74, 6) is -1.54. The van der Waals surface area contributed by atoms with Crippen molar-refractivity contribution < 1.29 is 23.9 Å². The Kier molecular flexibility index (Phi) is 7.59. The summed E-state index contributed by atoms with van der Waals surface area (Å²) in [6, 6.07) is 7.80. The summed E-state index contributed by atoms with van der Waals surface area (Å²) >= 11 is 0. The molecule has 0 aliphatic carbocycles. The van der Waals surface area contributed by atoms with E-state index in [1.54, 1.807) is 44.2 Å². The van der Waals surface area contributed by atoms with Gasteiger partial charge in [0.2, 0.25) is 0 Å². The molecular formula is C19H26N2O5. The second-order valence-corrected chi connectivity index (χ2v) is 6.61. The average molecular weight is 362 g/mol. The van der Waals surface area contributed by atoms with Crippen LogP contribution in [0.5, 0.6) is 0 Å². The number of carbonyl (C=O) groups excluding carboxylic acids is 3. The first kappa shape index (κ1) is 19.9. The predicted molar refractivity (Wildman–Crippen MR) is 95.5 cm³/mol. The molecule has 2 amide bonds. The lowest BCUT2D eigenvalue weighted by Crippen LogP contribution is -2.46. The first-order chi connectivity index (χ1) is 12.5. The standard InChI is InChI=1S/C19H26N2O5/c1-13(2)17(21-18(23)14-7-4-3-5-8-14)19(24)26-12-16(22)20-11-15-9-6-10-25-15/h3-5,7-8,13,15,17H,6,9-12H2,1-2H3,(H,20,22)(H,21,23)/t15?,17-/m1/s1. The molecule has 0 spiro atoms. The number of hydrogen-bond acceptors (Lipinski definition) is 5. The van der Waals surface area contributed by atoms with Crippen LogP contribution in [-0.4, -0.2) is 49.7 Å². The highest BCUT2D eigenvalue weighted by Crippen LogP contribution is 2.10. The maximum absolute atomic E-state index is 12.3. The van der Waals surface area contributed by atoms with Crippen LogP contribution in [0.3, 0.4) is 0 Å². The molecule has 7 heteroatoms. The lowest BCUT2D eigenvalue weighted by molar-refractivity contribution is -0.151. The van der Waals surface area contributed by atoms with Gasteiger partial charge in [0.1, 0.15) is 6.04 Å². The van der Waals surface area contributed by atoms with Crippen LogP contribution >= 0.6 is 0 Å². The predicted octanol–water partition coefficient (Wildman–Crippen LogP) is 1.28. The van der Waals surface area contributed by atoms with Crippen LogP contribution in [-0.2, 0) is 19.1 Å². The van der Waals surface area contributed by atoms with E-state index in [1.807, 2.05) is 0 Å². The Bertz CT molecular complexity index is 612. The zero-order valence-electron chi connectivity index (χ0n) is 15.2. The first-order valence-corrected chi connectivity index (χ1v) is 8.88. The van der Waals surface area contributed by atoms with Gasteiger partial charge >= 0.3 is 5.97 Å². The van der Waals surface area contributed by atoms with Gasteiger partial charge in [-0.25, -0.2) is 4.79 Å². The fourth-order valence-corrected chi connectivity index (χ4v) is 2.62. The van der Waals surface area contributed by atoms with E-state index in [0.29, 0.717) is 18.7 Å². The van der Waals surface area contributed by atoms with Crippen LogP contribution in [0.25, 0.3) is 0 Å². The van der Waals surface area contributed by atoms with E-state index in [2.05, 4.69) is 10.6 Å². The molecule has 1 heterocycles. The quantitative estimate of drug-likeness (QED) is 0.680. The van der Waals surface area contributed by atoms with Gasteiger partial charge in [-0.2, -0.15) is 0 Å². The number of ether oxygens (including phenoxy) is 2. The van der Waals surface area contributed by atoms with Crippen LogP contribution in [0.1, 0.15) is 37.0 Å². The molecule has 1 aromatic rings. The minimum Gasteiger partial charge on any atom is -0.454 e. The van der Waals surface area contributed by atoms with Crippen molar-refractivity contribution in [1.29, 1.82) is 0 Å². The number of hydrogen-bond donors (Lipinski definition) is 2. The van der Waals surface area contributed by atoms with Crippen molar-refractivity contribution in [1.82, 2.24) is 10.6 Å². The number of esters is 1. The zero-order valence-corrected chi connectivity index (χ0v) is 15.2. The molecular weight excluding hydrogens is 336 g/mol. The Hall–Kier alpha value is -2.41. The van der Waals surface area contributed by atoms with E-state index >= 15 is 0 Å². The molecule has 2 N–H and O–H groups in total. The van der Waals surface area contributed by atoms with E-state index in [0.717, 1.165) is 12.8 Å². The SMILES string of the molecule is CC(C)[C@@H](NC(=O)c1ccccc1)C(=O)OCC(=O)NCC1CCCO1. The van der Waals surface area contributed by atoms with Crippen molar-refractivity contribution in [3.05, 3.63) is 35.9 Å².